The first kappa shape index (κ1) is 16.8. The van der Waals surface area contributed by atoms with Gasteiger partial charge in [0.15, 0.2) is 0 Å². The second-order valence-electron chi connectivity index (χ2n) is 6.32. The fourth-order valence-corrected chi connectivity index (χ4v) is 3.51. The smallest absolute Gasteiger partial charge is 0.222 e. The van der Waals surface area contributed by atoms with Gasteiger partial charge in [0, 0.05) is 25.6 Å². The van der Waals surface area contributed by atoms with Crippen LogP contribution in [-0.2, 0) is 4.79 Å². The third-order valence-corrected chi connectivity index (χ3v) is 4.76. The highest BCUT2D eigenvalue weighted by Gasteiger charge is 2.26. The Bertz CT molecular complexity index is 279. The van der Waals surface area contributed by atoms with Crippen LogP contribution in [0.2, 0.25) is 0 Å². The van der Waals surface area contributed by atoms with Crippen LogP contribution in [0, 0.1) is 11.8 Å². The van der Waals surface area contributed by atoms with E-state index in [9.17, 15) is 4.79 Å². The van der Waals surface area contributed by atoms with Crippen LogP contribution in [0.4, 0.5) is 0 Å². The highest BCUT2D eigenvalue weighted by atomic mass is 35.5. The molecule has 2 N–H and O–H groups in total. The number of halogens is 1. The van der Waals surface area contributed by atoms with Crippen molar-refractivity contribution in [3.05, 3.63) is 0 Å². The van der Waals surface area contributed by atoms with E-state index in [4.69, 9.17) is 5.73 Å². The van der Waals surface area contributed by atoms with Gasteiger partial charge >= 0.3 is 0 Å². The van der Waals surface area contributed by atoms with E-state index in [1.54, 1.807) is 0 Å². The Balaban J connectivity index is 0.00000180. The third kappa shape index (κ3) is 4.96. The van der Waals surface area contributed by atoms with Crippen molar-refractivity contribution in [2.45, 2.75) is 64.3 Å². The summed E-state index contributed by atoms with van der Waals surface area (Å²) in [4.78, 5) is 14.3. The normalized spacial score (nSPS) is 26.6. The fourth-order valence-electron chi connectivity index (χ4n) is 3.51. The van der Waals surface area contributed by atoms with Crippen molar-refractivity contribution >= 4 is 18.3 Å². The second kappa shape index (κ2) is 8.11. The van der Waals surface area contributed by atoms with Crippen molar-refractivity contribution in [3.63, 3.8) is 0 Å². The zero-order chi connectivity index (χ0) is 13.0. The molecule has 0 aromatic rings. The van der Waals surface area contributed by atoms with E-state index < -0.39 is 0 Å². The van der Waals surface area contributed by atoms with E-state index in [0.29, 0.717) is 11.8 Å². The van der Waals surface area contributed by atoms with Crippen LogP contribution in [0.1, 0.15) is 58.3 Å². The van der Waals surface area contributed by atoms with E-state index in [-0.39, 0.29) is 18.4 Å². The molecule has 0 radical (unpaired) electrons. The standard InChI is InChI=1S/C15H28N2O.ClH/c1-12(13-6-3-2-4-7-13)10-15(18)17-9-5-8-14(16)11-17;/h12-14H,2-11,16H2,1H3;1H. The van der Waals surface area contributed by atoms with Crippen molar-refractivity contribution in [3.8, 4) is 0 Å². The quantitative estimate of drug-likeness (QED) is 0.868. The molecule has 1 amide bonds. The number of carbonyl (C=O) groups excluding carboxylic acids is 1. The summed E-state index contributed by atoms with van der Waals surface area (Å²) in [6.07, 6.45) is 9.64. The second-order valence-corrected chi connectivity index (χ2v) is 6.32. The van der Waals surface area contributed by atoms with Gasteiger partial charge in [-0.05, 0) is 24.7 Å². The van der Waals surface area contributed by atoms with Crippen LogP contribution < -0.4 is 5.73 Å². The zero-order valence-corrected chi connectivity index (χ0v) is 13.0. The maximum Gasteiger partial charge on any atom is 0.222 e. The summed E-state index contributed by atoms with van der Waals surface area (Å²) < 4.78 is 0. The molecule has 112 valence electrons. The summed E-state index contributed by atoms with van der Waals surface area (Å²) in [5.41, 5.74) is 5.94. The molecule has 2 aliphatic rings. The predicted molar refractivity (Wildman–Crippen MR) is 81.4 cm³/mol. The molecule has 1 saturated heterocycles. The van der Waals surface area contributed by atoms with Gasteiger partial charge in [-0.2, -0.15) is 0 Å². The lowest BCUT2D eigenvalue weighted by molar-refractivity contribution is -0.133. The molecule has 19 heavy (non-hydrogen) atoms. The maximum atomic E-state index is 12.3. The van der Waals surface area contributed by atoms with E-state index in [0.717, 1.165) is 38.3 Å². The lowest BCUT2D eigenvalue weighted by Crippen LogP contribution is -2.46. The monoisotopic (exact) mass is 288 g/mol. The van der Waals surface area contributed by atoms with Gasteiger partial charge in [0.2, 0.25) is 5.91 Å². The molecular weight excluding hydrogens is 260 g/mol. The molecule has 0 spiro atoms. The molecule has 4 heteroatoms. The van der Waals surface area contributed by atoms with Crippen LogP contribution in [0.3, 0.4) is 0 Å². The summed E-state index contributed by atoms with van der Waals surface area (Å²) in [5.74, 6) is 1.67. The van der Waals surface area contributed by atoms with Gasteiger partial charge in [-0.3, -0.25) is 4.79 Å². The van der Waals surface area contributed by atoms with Crippen molar-refractivity contribution in [2.24, 2.45) is 17.6 Å². The number of hydrogen-bond donors (Lipinski definition) is 1. The Morgan fingerprint density at radius 2 is 1.89 bits per heavy atom. The van der Waals surface area contributed by atoms with Crippen molar-refractivity contribution in [2.75, 3.05) is 13.1 Å². The summed E-state index contributed by atoms with van der Waals surface area (Å²) in [6.45, 7) is 3.96. The highest BCUT2D eigenvalue weighted by Crippen LogP contribution is 2.31. The lowest BCUT2D eigenvalue weighted by Gasteiger charge is -2.33. The first-order chi connectivity index (χ1) is 8.66. The minimum absolute atomic E-state index is 0. The predicted octanol–water partition coefficient (Wildman–Crippen LogP) is 2.96. The molecule has 2 atom stereocenters. The molecule has 1 heterocycles. The summed E-state index contributed by atoms with van der Waals surface area (Å²) >= 11 is 0. The SMILES string of the molecule is CC(CC(=O)N1CCCC(N)C1)C1CCCCC1.Cl. The molecule has 0 bridgehead atoms. The van der Waals surface area contributed by atoms with Crippen LogP contribution in [0.25, 0.3) is 0 Å². The zero-order valence-electron chi connectivity index (χ0n) is 12.1. The summed E-state index contributed by atoms with van der Waals surface area (Å²) in [7, 11) is 0. The van der Waals surface area contributed by atoms with Crippen molar-refractivity contribution in [1.82, 2.24) is 4.90 Å². The number of rotatable bonds is 3. The minimum atomic E-state index is 0. The molecule has 1 saturated carbocycles. The van der Waals surface area contributed by atoms with E-state index in [1.807, 2.05) is 4.90 Å². The largest absolute Gasteiger partial charge is 0.341 e. The van der Waals surface area contributed by atoms with Gasteiger partial charge < -0.3 is 10.6 Å². The number of likely N-dealkylation sites (tertiary alicyclic amines) is 1. The Morgan fingerprint density at radius 1 is 1.21 bits per heavy atom. The van der Waals surface area contributed by atoms with Gasteiger partial charge in [0.1, 0.15) is 0 Å². The first-order valence-electron chi connectivity index (χ1n) is 7.70. The Morgan fingerprint density at radius 3 is 2.53 bits per heavy atom. The summed E-state index contributed by atoms with van der Waals surface area (Å²) in [5, 5.41) is 0. The molecular formula is C15H29ClN2O. The van der Waals surface area contributed by atoms with Crippen LogP contribution in [-0.4, -0.2) is 29.9 Å². The Labute approximate surface area is 123 Å². The highest BCUT2D eigenvalue weighted by molar-refractivity contribution is 5.85. The topological polar surface area (TPSA) is 46.3 Å². The average molecular weight is 289 g/mol. The minimum Gasteiger partial charge on any atom is -0.341 e. The number of piperidine rings is 1. The number of nitrogens with zero attached hydrogens (tertiary/aromatic N) is 1. The van der Waals surface area contributed by atoms with Crippen molar-refractivity contribution < 1.29 is 4.79 Å². The molecule has 3 nitrogen and oxygen atoms in total. The molecule has 2 unspecified atom stereocenters. The molecule has 2 fully saturated rings. The molecule has 2 rings (SSSR count). The average Bonchev–Trinajstić information content (AvgIpc) is 2.39. The number of nitrogens with two attached hydrogens (primary N) is 1. The van der Waals surface area contributed by atoms with Crippen LogP contribution >= 0.6 is 12.4 Å². The van der Waals surface area contributed by atoms with Gasteiger partial charge in [0.05, 0.1) is 0 Å². The van der Waals surface area contributed by atoms with Gasteiger partial charge in [-0.1, -0.05) is 39.0 Å². The number of hydrogen-bond acceptors (Lipinski definition) is 2. The number of carbonyl (C=O) groups is 1. The van der Waals surface area contributed by atoms with Gasteiger partial charge in [-0.25, -0.2) is 0 Å². The first-order valence-corrected chi connectivity index (χ1v) is 7.70. The summed E-state index contributed by atoms with van der Waals surface area (Å²) in [6, 6.07) is 0.202. The Hall–Kier alpha value is -0.280. The third-order valence-electron chi connectivity index (χ3n) is 4.76. The van der Waals surface area contributed by atoms with Gasteiger partial charge in [-0.15, -0.1) is 12.4 Å². The molecule has 1 aliphatic carbocycles. The molecule has 1 aliphatic heterocycles. The molecule has 0 aromatic carbocycles. The molecule has 0 aromatic heterocycles. The van der Waals surface area contributed by atoms with Crippen LogP contribution in [0.15, 0.2) is 0 Å². The lowest BCUT2D eigenvalue weighted by atomic mass is 9.79. The number of amides is 1. The van der Waals surface area contributed by atoms with E-state index >= 15 is 0 Å². The fraction of sp³-hybridized carbons (Fsp3) is 0.933. The van der Waals surface area contributed by atoms with Crippen LogP contribution in [0.5, 0.6) is 0 Å². The van der Waals surface area contributed by atoms with E-state index in [1.165, 1.54) is 32.1 Å². The Kier molecular flexibility index (Phi) is 7.16. The maximum absolute atomic E-state index is 12.3. The van der Waals surface area contributed by atoms with Gasteiger partial charge in [0.25, 0.3) is 0 Å². The van der Waals surface area contributed by atoms with Crippen molar-refractivity contribution in [1.29, 1.82) is 0 Å². The van der Waals surface area contributed by atoms with E-state index in [2.05, 4.69) is 6.92 Å².